The summed E-state index contributed by atoms with van der Waals surface area (Å²) in [7, 11) is -3.62. The smallest absolute Gasteiger partial charge is 0.289 e. The number of nitrogens with zero attached hydrogens (tertiary/aromatic N) is 1. The molecule has 4 rings (SSSR count). The number of amides is 2. The summed E-state index contributed by atoms with van der Waals surface area (Å²) in [5, 5.41) is 2.91. The third-order valence-electron chi connectivity index (χ3n) is 5.61. The molecule has 0 spiro atoms. The summed E-state index contributed by atoms with van der Waals surface area (Å²) in [4.78, 5) is 27.1. The normalized spacial score (nSPS) is 14.8. The topological polar surface area (TPSA) is 96.7 Å². The number of benzene rings is 2. The minimum Gasteiger partial charge on any atom is -0.459 e. The van der Waals surface area contributed by atoms with Crippen molar-refractivity contribution in [2.45, 2.75) is 29.5 Å². The molecule has 3 aromatic rings. The fourth-order valence-corrected chi connectivity index (χ4v) is 5.17. The molecule has 2 heterocycles. The number of hydrogen-bond donors (Lipinski definition) is 1. The van der Waals surface area contributed by atoms with Crippen LogP contribution in [-0.4, -0.2) is 44.3 Å². The highest BCUT2D eigenvalue weighted by atomic mass is 32.2. The molecule has 1 saturated heterocycles. The molecule has 0 aliphatic carbocycles. The monoisotopic (exact) mass is 470 g/mol. The minimum atomic E-state index is -3.62. The largest absolute Gasteiger partial charge is 0.459 e. The zero-order valence-corrected chi connectivity index (χ0v) is 18.6. The van der Waals surface area contributed by atoms with Crippen molar-refractivity contribution in [2.75, 3.05) is 13.1 Å². The highest BCUT2D eigenvalue weighted by molar-refractivity contribution is 7.90. The first-order valence-corrected chi connectivity index (χ1v) is 12.2. The molecular formula is C24H23FN2O5S. The molecule has 1 aliphatic rings. The van der Waals surface area contributed by atoms with Gasteiger partial charge in [-0.1, -0.05) is 18.2 Å². The van der Waals surface area contributed by atoms with E-state index in [1.807, 2.05) is 0 Å². The number of likely N-dealkylation sites (tertiary alicyclic amines) is 1. The number of piperidine rings is 1. The predicted octanol–water partition coefficient (Wildman–Crippen LogP) is 3.43. The Morgan fingerprint density at radius 1 is 1.00 bits per heavy atom. The van der Waals surface area contributed by atoms with Crippen LogP contribution in [0.5, 0.6) is 0 Å². The van der Waals surface area contributed by atoms with Crippen LogP contribution in [-0.2, 0) is 15.6 Å². The van der Waals surface area contributed by atoms with E-state index in [0.717, 1.165) is 0 Å². The third kappa shape index (κ3) is 5.31. The minimum absolute atomic E-state index is 0.0169. The summed E-state index contributed by atoms with van der Waals surface area (Å²) >= 11 is 0. The molecule has 7 nitrogen and oxygen atoms in total. The van der Waals surface area contributed by atoms with Crippen molar-refractivity contribution < 1.29 is 26.8 Å². The maximum Gasteiger partial charge on any atom is 0.289 e. The van der Waals surface area contributed by atoms with E-state index in [2.05, 4.69) is 5.32 Å². The molecule has 9 heteroatoms. The SMILES string of the molecule is O=C(NC1CCN(C(=O)c2occc2CS(=O)(=O)c2ccccc2)CC1)c1ccc(F)cc1. The summed E-state index contributed by atoms with van der Waals surface area (Å²) in [5.74, 6) is -1.39. The third-order valence-corrected chi connectivity index (χ3v) is 7.29. The molecule has 33 heavy (non-hydrogen) atoms. The van der Waals surface area contributed by atoms with E-state index in [4.69, 9.17) is 4.42 Å². The van der Waals surface area contributed by atoms with Crippen LogP contribution < -0.4 is 5.32 Å². The summed E-state index contributed by atoms with van der Waals surface area (Å²) < 4.78 is 43.8. The van der Waals surface area contributed by atoms with Crippen LogP contribution >= 0.6 is 0 Å². The Labute approximate surface area is 191 Å². The fraction of sp³-hybridized carbons (Fsp3) is 0.250. The highest BCUT2D eigenvalue weighted by Gasteiger charge is 2.29. The zero-order valence-electron chi connectivity index (χ0n) is 17.7. The lowest BCUT2D eigenvalue weighted by molar-refractivity contribution is 0.0666. The quantitative estimate of drug-likeness (QED) is 0.596. The second-order valence-corrected chi connectivity index (χ2v) is 9.88. The van der Waals surface area contributed by atoms with Crippen LogP contribution in [0.15, 0.2) is 76.2 Å². The molecule has 1 aliphatic heterocycles. The van der Waals surface area contributed by atoms with Crippen LogP contribution in [0.3, 0.4) is 0 Å². The van der Waals surface area contributed by atoms with Crippen molar-refractivity contribution in [1.29, 1.82) is 0 Å². The molecule has 1 fully saturated rings. The maximum atomic E-state index is 13.0. The van der Waals surface area contributed by atoms with Crippen LogP contribution in [0.2, 0.25) is 0 Å². The lowest BCUT2D eigenvalue weighted by Gasteiger charge is -2.32. The number of carbonyl (C=O) groups excluding carboxylic acids is 2. The van der Waals surface area contributed by atoms with Gasteiger partial charge in [0.05, 0.1) is 16.9 Å². The molecule has 0 radical (unpaired) electrons. The van der Waals surface area contributed by atoms with E-state index in [1.165, 1.54) is 48.7 Å². The molecule has 0 saturated carbocycles. The Kier molecular flexibility index (Phi) is 6.60. The number of halogens is 1. The summed E-state index contributed by atoms with van der Waals surface area (Å²) in [6.45, 7) is 0.775. The van der Waals surface area contributed by atoms with E-state index < -0.39 is 15.7 Å². The summed E-state index contributed by atoms with van der Waals surface area (Å²) in [6.07, 6.45) is 2.40. The van der Waals surface area contributed by atoms with Crippen LogP contribution in [0.25, 0.3) is 0 Å². The van der Waals surface area contributed by atoms with Gasteiger partial charge in [-0.2, -0.15) is 0 Å². The molecular weight excluding hydrogens is 447 g/mol. The number of rotatable bonds is 6. The first-order chi connectivity index (χ1) is 15.8. The molecule has 1 N–H and O–H groups in total. The van der Waals surface area contributed by atoms with Crippen LogP contribution in [0.1, 0.15) is 39.3 Å². The van der Waals surface area contributed by atoms with Crippen LogP contribution in [0.4, 0.5) is 4.39 Å². The number of carbonyl (C=O) groups is 2. The lowest BCUT2D eigenvalue weighted by atomic mass is 10.0. The Morgan fingerprint density at radius 2 is 1.67 bits per heavy atom. The van der Waals surface area contributed by atoms with Gasteiger partial charge in [0.15, 0.2) is 15.6 Å². The second kappa shape index (κ2) is 9.58. The molecule has 0 unspecified atom stereocenters. The van der Waals surface area contributed by atoms with Gasteiger partial charge < -0.3 is 14.6 Å². The number of furan rings is 1. The van der Waals surface area contributed by atoms with E-state index in [1.54, 1.807) is 23.1 Å². The standard InChI is InChI=1S/C24H23FN2O5S/c25-19-8-6-17(7-9-19)23(28)26-20-10-13-27(14-11-20)24(29)22-18(12-15-32-22)16-33(30,31)21-4-2-1-3-5-21/h1-9,12,15,20H,10-11,13-14,16H2,(H,26,28). The number of hydrogen-bond acceptors (Lipinski definition) is 5. The van der Waals surface area contributed by atoms with Gasteiger partial charge in [-0.25, -0.2) is 12.8 Å². The average Bonchev–Trinajstić information content (AvgIpc) is 3.27. The molecule has 1 aromatic heterocycles. The molecule has 2 amide bonds. The molecule has 0 bridgehead atoms. The van der Waals surface area contributed by atoms with Gasteiger partial charge in [0.25, 0.3) is 11.8 Å². The first-order valence-electron chi connectivity index (χ1n) is 10.5. The molecule has 2 aromatic carbocycles. The summed E-state index contributed by atoms with van der Waals surface area (Å²) in [5.41, 5.74) is 0.686. The Balaban J connectivity index is 1.36. The maximum absolute atomic E-state index is 13.0. The first kappa shape index (κ1) is 22.7. The van der Waals surface area contributed by atoms with Crippen molar-refractivity contribution in [3.8, 4) is 0 Å². The molecule has 172 valence electrons. The average molecular weight is 471 g/mol. The van der Waals surface area contributed by atoms with Gasteiger partial charge in [-0.05, 0) is 55.3 Å². The van der Waals surface area contributed by atoms with E-state index >= 15 is 0 Å². The van der Waals surface area contributed by atoms with Crippen molar-refractivity contribution in [1.82, 2.24) is 10.2 Å². The van der Waals surface area contributed by atoms with Crippen molar-refractivity contribution >= 4 is 21.7 Å². The van der Waals surface area contributed by atoms with Crippen molar-refractivity contribution in [2.24, 2.45) is 0 Å². The van der Waals surface area contributed by atoms with E-state index in [-0.39, 0.29) is 34.3 Å². The lowest BCUT2D eigenvalue weighted by Crippen LogP contribution is -2.46. The van der Waals surface area contributed by atoms with Gasteiger partial charge in [0.2, 0.25) is 0 Å². The van der Waals surface area contributed by atoms with Gasteiger partial charge in [0, 0.05) is 30.3 Å². The number of nitrogens with one attached hydrogen (secondary N) is 1. The highest BCUT2D eigenvalue weighted by Crippen LogP contribution is 2.22. The van der Waals surface area contributed by atoms with Crippen molar-refractivity contribution in [3.05, 3.63) is 89.6 Å². The Bertz CT molecular complexity index is 1230. The van der Waals surface area contributed by atoms with Gasteiger partial charge in [0.1, 0.15) is 5.82 Å². The summed E-state index contributed by atoms with van der Waals surface area (Å²) in [6, 6.07) is 14.7. The fourth-order valence-electron chi connectivity index (χ4n) is 3.79. The van der Waals surface area contributed by atoms with Gasteiger partial charge in [-0.15, -0.1) is 0 Å². The second-order valence-electron chi connectivity index (χ2n) is 7.89. The molecule has 0 atom stereocenters. The van der Waals surface area contributed by atoms with Crippen LogP contribution in [0, 0.1) is 5.82 Å². The van der Waals surface area contributed by atoms with E-state index in [0.29, 0.717) is 37.1 Å². The van der Waals surface area contributed by atoms with Crippen molar-refractivity contribution in [3.63, 3.8) is 0 Å². The van der Waals surface area contributed by atoms with Gasteiger partial charge >= 0.3 is 0 Å². The zero-order chi connectivity index (χ0) is 23.4. The predicted molar refractivity (Wildman–Crippen MR) is 119 cm³/mol. The number of sulfone groups is 1. The van der Waals surface area contributed by atoms with Gasteiger partial charge in [-0.3, -0.25) is 9.59 Å². The Hall–Kier alpha value is -3.46. The van der Waals surface area contributed by atoms with E-state index in [9.17, 15) is 22.4 Å². The Morgan fingerprint density at radius 3 is 2.33 bits per heavy atom.